The van der Waals surface area contributed by atoms with Gasteiger partial charge in [-0.05, 0) is 24.5 Å². The van der Waals surface area contributed by atoms with Gasteiger partial charge in [-0.15, -0.1) is 0 Å². The van der Waals surface area contributed by atoms with Crippen molar-refractivity contribution in [1.82, 2.24) is 35.1 Å². The number of H-pyrrole nitrogens is 1. The molecule has 2 saturated heterocycles. The third-order valence-electron chi connectivity index (χ3n) is 8.04. The van der Waals surface area contributed by atoms with Crippen molar-refractivity contribution in [2.24, 2.45) is 0 Å². The van der Waals surface area contributed by atoms with Gasteiger partial charge in [0.15, 0.2) is 0 Å². The van der Waals surface area contributed by atoms with E-state index < -0.39 is 17.2 Å². The van der Waals surface area contributed by atoms with E-state index in [0.717, 1.165) is 43.9 Å². The molecule has 0 bridgehead atoms. The van der Waals surface area contributed by atoms with E-state index in [1.165, 1.54) is 12.1 Å². The van der Waals surface area contributed by atoms with Gasteiger partial charge in [-0.2, -0.15) is 13.2 Å². The number of carbonyl (C=O) groups excluding carboxylic acids is 1. The Bertz CT molecular complexity index is 1220. The Hall–Kier alpha value is -3.51. The zero-order chi connectivity index (χ0) is 28.0. The number of imidazole rings is 1. The standard InChI is InChI=1S/C28H35F3N8O/c29-28(30,31)23-3-1-2-22(18-23)27(21-33-7-4-24-34-10-11-35-24)5-12-39(13-6-27)26(40)20-37-14-16-38(17-15-37)25-19-32-8-9-36-25/h1-3,8-11,18-19,33H,4-7,12-17,20-21H2,(H,34,35). The molecule has 9 nitrogen and oxygen atoms in total. The fraction of sp³-hybridized carbons (Fsp3) is 0.500. The summed E-state index contributed by atoms with van der Waals surface area (Å²) in [6, 6.07) is 5.67. The van der Waals surface area contributed by atoms with Crippen LogP contribution < -0.4 is 10.2 Å². The Morgan fingerprint density at radius 2 is 1.82 bits per heavy atom. The first-order valence-electron chi connectivity index (χ1n) is 13.7. The number of nitrogens with one attached hydrogen (secondary N) is 2. The Morgan fingerprint density at radius 1 is 1.02 bits per heavy atom. The van der Waals surface area contributed by atoms with Crippen LogP contribution in [0, 0.1) is 0 Å². The predicted molar refractivity (Wildman–Crippen MR) is 145 cm³/mol. The summed E-state index contributed by atoms with van der Waals surface area (Å²) in [5.74, 6) is 1.77. The first kappa shape index (κ1) is 28.0. The highest BCUT2D eigenvalue weighted by atomic mass is 19.4. The van der Waals surface area contributed by atoms with Gasteiger partial charge in [0.25, 0.3) is 0 Å². The molecule has 2 N–H and O–H groups in total. The van der Waals surface area contributed by atoms with E-state index in [9.17, 15) is 18.0 Å². The van der Waals surface area contributed by atoms with Gasteiger partial charge in [-0.25, -0.2) is 9.97 Å². The quantitative estimate of drug-likeness (QED) is 0.392. The highest BCUT2D eigenvalue weighted by Gasteiger charge is 2.39. The van der Waals surface area contributed by atoms with E-state index in [-0.39, 0.29) is 5.91 Å². The molecule has 0 unspecified atom stereocenters. The summed E-state index contributed by atoms with van der Waals surface area (Å²) in [5, 5.41) is 3.45. The molecule has 4 heterocycles. The van der Waals surface area contributed by atoms with Crippen LogP contribution in [-0.2, 0) is 22.8 Å². The number of hydrogen-bond donors (Lipinski definition) is 2. The average molecular weight is 557 g/mol. The number of nitrogens with zero attached hydrogens (tertiary/aromatic N) is 6. The van der Waals surface area contributed by atoms with Gasteiger partial charge in [0.2, 0.25) is 5.91 Å². The maximum atomic E-state index is 13.5. The lowest BCUT2D eigenvalue weighted by Crippen LogP contribution is -2.53. The Labute approximate surface area is 231 Å². The fourth-order valence-corrected chi connectivity index (χ4v) is 5.63. The van der Waals surface area contributed by atoms with Gasteiger partial charge in [-0.1, -0.05) is 18.2 Å². The summed E-state index contributed by atoms with van der Waals surface area (Å²) in [5.41, 5.74) is -0.469. The van der Waals surface area contributed by atoms with E-state index >= 15 is 0 Å². The van der Waals surface area contributed by atoms with Crippen molar-refractivity contribution in [3.63, 3.8) is 0 Å². The molecular formula is C28H35F3N8O. The van der Waals surface area contributed by atoms with Crippen LogP contribution in [0.25, 0.3) is 0 Å². The van der Waals surface area contributed by atoms with Crippen molar-refractivity contribution in [3.8, 4) is 0 Å². The smallest absolute Gasteiger partial charge is 0.353 e. The number of halogens is 3. The number of alkyl halides is 3. The van der Waals surface area contributed by atoms with Crippen LogP contribution in [0.1, 0.15) is 29.8 Å². The van der Waals surface area contributed by atoms with E-state index in [4.69, 9.17) is 0 Å². The maximum absolute atomic E-state index is 13.5. The van der Waals surface area contributed by atoms with Crippen LogP contribution in [0.4, 0.5) is 19.0 Å². The molecular weight excluding hydrogens is 521 g/mol. The first-order chi connectivity index (χ1) is 19.3. The van der Waals surface area contributed by atoms with Gasteiger partial charge >= 0.3 is 6.18 Å². The number of likely N-dealkylation sites (tertiary alicyclic amines) is 1. The van der Waals surface area contributed by atoms with Crippen molar-refractivity contribution >= 4 is 11.7 Å². The van der Waals surface area contributed by atoms with Gasteiger partial charge in [-0.3, -0.25) is 14.7 Å². The average Bonchev–Trinajstić information content (AvgIpc) is 3.50. The number of piperidine rings is 1. The molecule has 1 aromatic carbocycles. The highest BCUT2D eigenvalue weighted by molar-refractivity contribution is 5.78. The van der Waals surface area contributed by atoms with Gasteiger partial charge < -0.3 is 20.1 Å². The lowest BCUT2D eigenvalue weighted by Gasteiger charge is -2.43. The summed E-state index contributed by atoms with van der Waals surface area (Å²) >= 11 is 0. The van der Waals surface area contributed by atoms with Crippen LogP contribution in [0.2, 0.25) is 0 Å². The van der Waals surface area contributed by atoms with Crippen molar-refractivity contribution < 1.29 is 18.0 Å². The molecule has 0 radical (unpaired) electrons. The Kier molecular flexibility index (Phi) is 8.65. The molecule has 12 heteroatoms. The lowest BCUT2D eigenvalue weighted by molar-refractivity contribution is -0.137. The first-order valence-corrected chi connectivity index (χ1v) is 13.7. The number of hydrogen-bond acceptors (Lipinski definition) is 7. The highest BCUT2D eigenvalue weighted by Crippen LogP contribution is 2.38. The van der Waals surface area contributed by atoms with E-state index in [1.807, 2.05) is 4.90 Å². The van der Waals surface area contributed by atoms with Crippen molar-refractivity contribution in [1.29, 1.82) is 0 Å². The van der Waals surface area contributed by atoms with Crippen LogP contribution in [0.3, 0.4) is 0 Å². The van der Waals surface area contributed by atoms with Gasteiger partial charge in [0.05, 0.1) is 18.3 Å². The van der Waals surface area contributed by atoms with Gasteiger partial charge in [0, 0.05) is 89.0 Å². The zero-order valence-corrected chi connectivity index (χ0v) is 22.4. The van der Waals surface area contributed by atoms with Crippen molar-refractivity contribution in [2.75, 3.05) is 63.8 Å². The zero-order valence-electron chi connectivity index (χ0n) is 22.4. The molecule has 2 aliphatic heterocycles. The summed E-state index contributed by atoms with van der Waals surface area (Å²) in [6.45, 7) is 5.59. The lowest BCUT2D eigenvalue weighted by atomic mass is 9.72. The SMILES string of the molecule is O=C(CN1CCN(c2cnccn2)CC1)N1CCC(CNCCc2ncc[nH]2)(c2cccc(C(F)(F)F)c2)CC1. The van der Waals surface area contributed by atoms with E-state index in [2.05, 4.69) is 35.1 Å². The largest absolute Gasteiger partial charge is 0.416 e. The van der Waals surface area contributed by atoms with Crippen molar-refractivity contribution in [3.05, 3.63) is 72.2 Å². The molecule has 2 aromatic heterocycles. The molecule has 214 valence electrons. The van der Waals surface area contributed by atoms with Gasteiger partial charge in [0.1, 0.15) is 11.6 Å². The number of aromatic amines is 1. The molecule has 5 rings (SSSR count). The van der Waals surface area contributed by atoms with Crippen molar-refractivity contribution in [2.45, 2.75) is 30.9 Å². The third kappa shape index (κ3) is 6.79. The number of piperazine rings is 1. The fourth-order valence-electron chi connectivity index (χ4n) is 5.63. The van der Waals surface area contributed by atoms with E-state index in [1.54, 1.807) is 37.1 Å². The number of benzene rings is 1. The van der Waals surface area contributed by atoms with Crippen LogP contribution >= 0.6 is 0 Å². The minimum Gasteiger partial charge on any atom is -0.353 e. The Morgan fingerprint density at radius 3 is 2.50 bits per heavy atom. The molecule has 2 fully saturated rings. The molecule has 1 amide bonds. The molecule has 40 heavy (non-hydrogen) atoms. The minimum atomic E-state index is -4.41. The van der Waals surface area contributed by atoms with Crippen LogP contribution in [-0.4, -0.2) is 94.5 Å². The number of anilines is 1. The second-order valence-electron chi connectivity index (χ2n) is 10.5. The topological polar surface area (TPSA) is 93.3 Å². The minimum absolute atomic E-state index is 0.0661. The molecule has 0 atom stereocenters. The van der Waals surface area contributed by atoms with Crippen LogP contribution in [0.5, 0.6) is 0 Å². The Balaban J connectivity index is 1.19. The predicted octanol–water partition coefficient (Wildman–Crippen LogP) is 2.73. The normalized spacial score (nSPS) is 18.2. The van der Waals surface area contributed by atoms with Crippen LogP contribution in [0.15, 0.2) is 55.2 Å². The number of rotatable bonds is 9. The summed E-state index contributed by atoms with van der Waals surface area (Å²) in [6.07, 6.45) is 6.01. The molecule has 0 saturated carbocycles. The number of amides is 1. The van der Waals surface area contributed by atoms with E-state index in [0.29, 0.717) is 57.5 Å². The third-order valence-corrected chi connectivity index (χ3v) is 8.04. The summed E-state index contributed by atoms with van der Waals surface area (Å²) in [7, 11) is 0. The molecule has 0 aliphatic carbocycles. The molecule has 2 aliphatic rings. The number of aromatic nitrogens is 4. The molecule has 3 aromatic rings. The maximum Gasteiger partial charge on any atom is 0.416 e. The monoisotopic (exact) mass is 556 g/mol. The summed E-state index contributed by atoms with van der Waals surface area (Å²) in [4.78, 5) is 35.2. The second kappa shape index (κ2) is 12.3. The second-order valence-corrected chi connectivity index (χ2v) is 10.5. The molecule has 0 spiro atoms. The summed E-state index contributed by atoms with van der Waals surface area (Å²) < 4.78 is 40.6. The number of carbonyl (C=O) groups is 1.